The van der Waals surface area contributed by atoms with Crippen LogP contribution in [0.1, 0.15) is 16.1 Å². The van der Waals surface area contributed by atoms with Crippen LogP contribution in [0.25, 0.3) is 0 Å². The van der Waals surface area contributed by atoms with Gasteiger partial charge in [-0.25, -0.2) is 4.98 Å². The summed E-state index contributed by atoms with van der Waals surface area (Å²) in [5.41, 5.74) is 6.85. The smallest absolute Gasteiger partial charge is 0.253 e. The lowest BCUT2D eigenvalue weighted by molar-refractivity contribution is 0.0827. The van der Waals surface area contributed by atoms with E-state index in [4.69, 9.17) is 5.73 Å². The second-order valence-corrected chi connectivity index (χ2v) is 3.12. The number of carbonyl (C=O) groups is 1. The third-order valence-corrected chi connectivity index (χ3v) is 1.63. The molecule has 0 unspecified atom stereocenters. The van der Waals surface area contributed by atoms with Crippen molar-refractivity contribution in [2.75, 3.05) is 19.8 Å². The van der Waals surface area contributed by atoms with Gasteiger partial charge in [-0.1, -0.05) is 0 Å². The standard InChI is InChI=1S/C9H13N3O/c1-6-4-7(5-8(10)11-6)9(13)12(2)3/h4-5H,1-3H3,(H2,10,11). The van der Waals surface area contributed by atoms with E-state index in [1.54, 1.807) is 26.2 Å². The summed E-state index contributed by atoms with van der Waals surface area (Å²) in [4.78, 5) is 17.0. The van der Waals surface area contributed by atoms with Gasteiger partial charge in [0.2, 0.25) is 0 Å². The van der Waals surface area contributed by atoms with Crippen LogP contribution >= 0.6 is 0 Å². The van der Waals surface area contributed by atoms with Crippen LogP contribution in [0, 0.1) is 6.92 Å². The Hall–Kier alpha value is -1.58. The van der Waals surface area contributed by atoms with Gasteiger partial charge in [-0.05, 0) is 19.1 Å². The van der Waals surface area contributed by atoms with E-state index in [-0.39, 0.29) is 5.91 Å². The summed E-state index contributed by atoms with van der Waals surface area (Å²) >= 11 is 0. The molecule has 1 heterocycles. The second-order valence-electron chi connectivity index (χ2n) is 3.12. The Morgan fingerprint density at radius 3 is 2.54 bits per heavy atom. The second kappa shape index (κ2) is 3.43. The molecule has 0 saturated carbocycles. The summed E-state index contributed by atoms with van der Waals surface area (Å²) in [6.45, 7) is 1.81. The van der Waals surface area contributed by atoms with Gasteiger partial charge in [0.05, 0.1) is 0 Å². The summed E-state index contributed by atoms with van der Waals surface area (Å²) in [5.74, 6) is 0.322. The van der Waals surface area contributed by atoms with E-state index < -0.39 is 0 Å². The van der Waals surface area contributed by atoms with Gasteiger partial charge in [-0.15, -0.1) is 0 Å². The van der Waals surface area contributed by atoms with Gasteiger partial charge < -0.3 is 10.6 Å². The summed E-state index contributed by atoms with van der Waals surface area (Å²) in [6.07, 6.45) is 0. The van der Waals surface area contributed by atoms with Crippen LogP contribution in [-0.2, 0) is 0 Å². The minimum absolute atomic E-state index is 0.0581. The Kier molecular flexibility index (Phi) is 2.51. The van der Waals surface area contributed by atoms with Gasteiger partial charge in [0, 0.05) is 25.4 Å². The number of rotatable bonds is 1. The van der Waals surface area contributed by atoms with Crippen molar-refractivity contribution in [3.05, 3.63) is 23.4 Å². The molecular formula is C9H13N3O. The van der Waals surface area contributed by atoms with E-state index in [9.17, 15) is 4.79 Å². The van der Waals surface area contributed by atoms with Crippen molar-refractivity contribution in [2.45, 2.75) is 6.92 Å². The molecule has 4 heteroatoms. The van der Waals surface area contributed by atoms with Crippen molar-refractivity contribution < 1.29 is 4.79 Å². The van der Waals surface area contributed by atoms with Crippen LogP contribution < -0.4 is 5.73 Å². The molecule has 4 nitrogen and oxygen atoms in total. The summed E-state index contributed by atoms with van der Waals surface area (Å²) in [6, 6.07) is 3.30. The number of hydrogen-bond acceptors (Lipinski definition) is 3. The molecule has 0 aromatic carbocycles. The minimum Gasteiger partial charge on any atom is -0.384 e. The van der Waals surface area contributed by atoms with Crippen molar-refractivity contribution in [3.63, 3.8) is 0 Å². The van der Waals surface area contributed by atoms with E-state index in [1.165, 1.54) is 4.90 Å². The fourth-order valence-electron chi connectivity index (χ4n) is 1.08. The fourth-order valence-corrected chi connectivity index (χ4v) is 1.08. The molecule has 1 amide bonds. The predicted octanol–water partition coefficient (Wildman–Crippen LogP) is 0.674. The van der Waals surface area contributed by atoms with Crippen LogP contribution in [0.3, 0.4) is 0 Å². The number of amides is 1. The van der Waals surface area contributed by atoms with Crippen molar-refractivity contribution in [3.8, 4) is 0 Å². The summed E-state index contributed by atoms with van der Waals surface area (Å²) in [5, 5.41) is 0. The van der Waals surface area contributed by atoms with E-state index >= 15 is 0 Å². The molecule has 0 bridgehead atoms. The number of pyridine rings is 1. The number of nitrogens with two attached hydrogens (primary N) is 1. The monoisotopic (exact) mass is 179 g/mol. The molecule has 1 aromatic rings. The number of nitrogens with zero attached hydrogens (tertiary/aromatic N) is 2. The highest BCUT2D eigenvalue weighted by atomic mass is 16.2. The Labute approximate surface area is 77.4 Å². The molecule has 2 N–H and O–H groups in total. The average Bonchev–Trinajstić information content (AvgIpc) is 2.01. The first kappa shape index (κ1) is 9.51. The molecule has 0 aliphatic carbocycles. The highest BCUT2D eigenvalue weighted by Crippen LogP contribution is 2.08. The van der Waals surface area contributed by atoms with Gasteiger partial charge >= 0.3 is 0 Å². The van der Waals surface area contributed by atoms with E-state index in [2.05, 4.69) is 4.98 Å². The normalized spacial score (nSPS) is 9.77. The zero-order valence-corrected chi connectivity index (χ0v) is 8.03. The average molecular weight is 179 g/mol. The van der Waals surface area contributed by atoms with Crippen molar-refractivity contribution in [2.24, 2.45) is 0 Å². The Bertz CT molecular complexity index is 313. The molecule has 0 aliphatic heterocycles. The first-order valence-electron chi connectivity index (χ1n) is 3.96. The number of aromatic nitrogens is 1. The molecule has 1 aromatic heterocycles. The van der Waals surface area contributed by atoms with Gasteiger partial charge in [-0.3, -0.25) is 4.79 Å². The Morgan fingerprint density at radius 2 is 2.08 bits per heavy atom. The molecular weight excluding hydrogens is 166 g/mol. The number of hydrogen-bond donors (Lipinski definition) is 1. The van der Waals surface area contributed by atoms with Crippen LogP contribution in [0.4, 0.5) is 5.82 Å². The van der Waals surface area contributed by atoms with E-state index in [1.807, 2.05) is 6.92 Å². The quantitative estimate of drug-likeness (QED) is 0.689. The van der Waals surface area contributed by atoms with E-state index in [0.717, 1.165) is 5.69 Å². The fraction of sp³-hybridized carbons (Fsp3) is 0.333. The number of nitrogen functional groups attached to an aromatic ring is 1. The molecule has 13 heavy (non-hydrogen) atoms. The molecule has 0 spiro atoms. The maximum Gasteiger partial charge on any atom is 0.253 e. The number of aryl methyl sites for hydroxylation is 1. The molecule has 0 atom stereocenters. The Balaban J connectivity index is 3.08. The lowest BCUT2D eigenvalue weighted by Crippen LogP contribution is -2.22. The van der Waals surface area contributed by atoms with Crippen LogP contribution in [-0.4, -0.2) is 29.9 Å². The van der Waals surface area contributed by atoms with E-state index in [0.29, 0.717) is 11.4 Å². The summed E-state index contributed by atoms with van der Waals surface area (Å²) in [7, 11) is 3.41. The SMILES string of the molecule is Cc1cc(C(=O)N(C)C)cc(N)n1. The number of carbonyl (C=O) groups excluding carboxylic acids is 1. The highest BCUT2D eigenvalue weighted by Gasteiger charge is 2.08. The number of anilines is 1. The maximum atomic E-state index is 11.5. The first-order valence-corrected chi connectivity index (χ1v) is 3.96. The van der Waals surface area contributed by atoms with Crippen LogP contribution in [0.2, 0.25) is 0 Å². The van der Waals surface area contributed by atoms with Crippen LogP contribution in [0.5, 0.6) is 0 Å². The zero-order valence-electron chi connectivity index (χ0n) is 8.03. The molecule has 0 fully saturated rings. The third-order valence-electron chi connectivity index (χ3n) is 1.63. The lowest BCUT2D eigenvalue weighted by Gasteiger charge is -2.10. The summed E-state index contributed by atoms with van der Waals surface area (Å²) < 4.78 is 0. The largest absolute Gasteiger partial charge is 0.384 e. The van der Waals surface area contributed by atoms with Crippen LogP contribution in [0.15, 0.2) is 12.1 Å². The highest BCUT2D eigenvalue weighted by molar-refractivity contribution is 5.94. The Morgan fingerprint density at radius 1 is 1.46 bits per heavy atom. The predicted molar refractivity (Wildman–Crippen MR) is 51.4 cm³/mol. The van der Waals surface area contributed by atoms with Crippen molar-refractivity contribution in [1.82, 2.24) is 9.88 Å². The van der Waals surface area contributed by atoms with Gasteiger partial charge in [0.25, 0.3) is 5.91 Å². The third kappa shape index (κ3) is 2.18. The topological polar surface area (TPSA) is 59.2 Å². The lowest BCUT2D eigenvalue weighted by atomic mass is 10.2. The molecule has 0 saturated heterocycles. The molecule has 70 valence electrons. The molecule has 0 radical (unpaired) electrons. The molecule has 1 rings (SSSR count). The zero-order chi connectivity index (χ0) is 10.0. The minimum atomic E-state index is -0.0581. The molecule has 0 aliphatic rings. The van der Waals surface area contributed by atoms with Crippen molar-refractivity contribution in [1.29, 1.82) is 0 Å². The first-order chi connectivity index (χ1) is 6.00. The van der Waals surface area contributed by atoms with Gasteiger partial charge in [0.1, 0.15) is 5.82 Å². The maximum absolute atomic E-state index is 11.5. The van der Waals surface area contributed by atoms with Crippen molar-refractivity contribution >= 4 is 11.7 Å². The van der Waals surface area contributed by atoms with Gasteiger partial charge in [0.15, 0.2) is 0 Å². The van der Waals surface area contributed by atoms with Gasteiger partial charge in [-0.2, -0.15) is 0 Å².